The second-order valence-corrected chi connectivity index (χ2v) is 6.86. The molecule has 0 bridgehead atoms. The van der Waals surface area contributed by atoms with Gasteiger partial charge in [-0.2, -0.15) is 13.2 Å². The van der Waals surface area contributed by atoms with Crippen LogP contribution in [0.25, 0.3) is 0 Å². The predicted molar refractivity (Wildman–Crippen MR) is 96.3 cm³/mol. The molecule has 9 heteroatoms. The standard InChI is InChI=1S/C20H17F3N2O4/c21-20(22,23)14-2-1-3-15(8-14)25-10-13(7-18(25)26)19(27)24-9-12-4-5-16-17(6-12)29-11-28-16/h1-6,8,13H,7,9-11H2,(H,24,27)/t13-/m0/s1. The molecule has 0 saturated carbocycles. The van der Waals surface area contributed by atoms with Crippen molar-refractivity contribution in [2.24, 2.45) is 5.92 Å². The molecule has 2 aromatic carbocycles. The number of fused-ring (bicyclic) bond motifs is 1. The second kappa shape index (κ2) is 7.31. The van der Waals surface area contributed by atoms with E-state index in [0.29, 0.717) is 11.5 Å². The van der Waals surface area contributed by atoms with Crippen LogP contribution < -0.4 is 19.7 Å². The lowest BCUT2D eigenvalue weighted by atomic mass is 10.1. The third-order valence-corrected chi connectivity index (χ3v) is 4.88. The number of carbonyl (C=O) groups is 2. The lowest BCUT2D eigenvalue weighted by Gasteiger charge is -2.18. The van der Waals surface area contributed by atoms with Crippen molar-refractivity contribution in [2.45, 2.75) is 19.1 Å². The third-order valence-electron chi connectivity index (χ3n) is 4.88. The van der Waals surface area contributed by atoms with E-state index in [9.17, 15) is 22.8 Å². The Morgan fingerprint density at radius 3 is 2.72 bits per heavy atom. The van der Waals surface area contributed by atoms with Crippen molar-refractivity contribution in [1.82, 2.24) is 5.32 Å². The summed E-state index contributed by atoms with van der Waals surface area (Å²) in [5.41, 5.74) is 0.107. The van der Waals surface area contributed by atoms with E-state index in [0.717, 1.165) is 17.7 Å². The fraction of sp³-hybridized carbons (Fsp3) is 0.300. The van der Waals surface area contributed by atoms with Crippen molar-refractivity contribution < 1.29 is 32.2 Å². The SMILES string of the molecule is O=C(NCc1ccc2c(c1)OCO2)[C@H]1CC(=O)N(c2cccc(C(F)(F)F)c2)C1. The van der Waals surface area contributed by atoms with E-state index in [1.54, 1.807) is 18.2 Å². The molecule has 2 heterocycles. The van der Waals surface area contributed by atoms with Crippen LogP contribution in [0.3, 0.4) is 0 Å². The van der Waals surface area contributed by atoms with E-state index in [4.69, 9.17) is 9.47 Å². The zero-order chi connectivity index (χ0) is 20.6. The van der Waals surface area contributed by atoms with Crippen LogP contribution in [0, 0.1) is 5.92 Å². The first-order valence-electron chi connectivity index (χ1n) is 8.95. The Morgan fingerprint density at radius 2 is 1.93 bits per heavy atom. The van der Waals surface area contributed by atoms with Crippen LogP contribution in [0.1, 0.15) is 17.5 Å². The maximum atomic E-state index is 12.9. The summed E-state index contributed by atoms with van der Waals surface area (Å²) in [7, 11) is 0. The molecule has 2 aliphatic rings. The van der Waals surface area contributed by atoms with E-state index in [2.05, 4.69) is 5.32 Å². The summed E-state index contributed by atoms with van der Waals surface area (Å²) in [5, 5.41) is 2.77. The third kappa shape index (κ3) is 3.98. The van der Waals surface area contributed by atoms with E-state index < -0.39 is 17.7 Å². The molecule has 1 saturated heterocycles. The Balaban J connectivity index is 1.39. The van der Waals surface area contributed by atoms with E-state index in [1.807, 2.05) is 0 Å². The first-order chi connectivity index (χ1) is 13.8. The van der Waals surface area contributed by atoms with Crippen LogP contribution in [0.4, 0.5) is 18.9 Å². The molecular formula is C20H17F3N2O4. The summed E-state index contributed by atoms with van der Waals surface area (Å²) in [6.45, 7) is 0.428. The minimum absolute atomic E-state index is 0.0348. The Kier molecular flexibility index (Phi) is 4.81. The van der Waals surface area contributed by atoms with Crippen LogP contribution in [0.5, 0.6) is 11.5 Å². The molecule has 2 amide bonds. The maximum Gasteiger partial charge on any atom is 0.416 e. The number of hydrogen-bond acceptors (Lipinski definition) is 4. The van der Waals surface area contributed by atoms with Gasteiger partial charge in [-0.1, -0.05) is 12.1 Å². The molecule has 0 unspecified atom stereocenters. The van der Waals surface area contributed by atoms with Crippen LogP contribution >= 0.6 is 0 Å². The Labute approximate surface area is 164 Å². The molecule has 152 valence electrons. The quantitative estimate of drug-likeness (QED) is 0.848. The van der Waals surface area contributed by atoms with Crippen molar-refractivity contribution in [2.75, 3.05) is 18.2 Å². The van der Waals surface area contributed by atoms with Crippen LogP contribution in [0.2, 0.25) is 0 Å². The van der Waals surface area contributed by atoms with Gasteiger partial charge in [-0.3, -0.25) is 9.59 Å². The molecule has 0 aliphatic carbocycles. The van der Waals surface area contributed by atoms with Crippen LogP contribution in [-0.4, -0.2) is 25.2 Å². The van der Waals surface area contributed by atoms with Gasteiger partial charge in [0.05, 0.1) is 11.5 Å². The number of nitrogens with one attached hydrogen (secondary N) is 1. The Bertz CT molecular complexity index is 961. The van der Waals surface area contributed by atoms with Crippen LogP contribution in [0.15, 0.2) is 42.5 Å². The van der Waals surface area contributed by atoms with Crippen molar-refractivity contribution >= 4 is 17.5 Å². The number of carbonyl (C=O) groups excluding carboxylic acids is 2. The molecular weight excluding hydrogens is 389 g/mol. The first-order valence-corrected chi connectivity index (χ1v) is 8.95. The number of alkyl halides is 3. The highest BCUT2D eigenvalue weighted by atomic mass is 19.4. The number of rotatable bonds is 4. The predicted octanol–water partition coefficient (Wildman–Crippen LogP) is 3.10. The van der Waals surface area contributed by atoms with Crippen molar-refractivity contribution in [3.05, 3.63) is 53.6 Å². The van der Waals surface area contributed by atoms with E-state index in [1.165, 1.54) is 17.0 Å². The normalized spacial score (nSPS) is 18.2. The molecule has 4 rings (SSSR count). The van der Waals surface area contributed by atoms with Gasteiger partial charge in [0.2, 0.25) is 18.6 Å². The lowest BCUT2D eigenvalue weighted by Crippen LogP contribution is -2.32. The zero-order valence-corrected chi connectivity index (χ0v) is 15.2. The number of hydrogen-bond donors (Lipinski definition) is 1. The number of benzene rings is 2. The first kappa shape index (κ1) is 19.1. The molecule has 0 spiro atoms. The monoisotopic (exact) mass is 406 g/mol. The maximum absolute atomic E-state index is 12.9. The van der Waals surface area contributed by atoms with Gasteiger partial charge >= 0.3 is 6.18 Å². The average Bonchev–Trinajstić information content (AvgIpc) is 3.31. The Morgan fingerprint density at radius 1 is 1.14 bits per heavy atom. The fourth-order valence-electron chi connectivity index (χ4n) is 3.37. The van der Waals surface area contributed by atoms with Gasteiger partial charge in [0, 0.05) is 25.2 Å². The van der Waals surface area contributed by atoms with Gasteiger partial charge in [-0.25, -0.2) is 0 Å². The highest BCUT2D eigenvalue weighted by molar-refractivity contribution is 6.00. The van der Waals surface area contributed by atoms with Gasteiger partial charge < -0.3 is 19.7 Å². The summed E-state index contributed by atoms with van der Waals surface area (Å²) < 4.78 is 49.3. The molecule has 2 aromatic rings. The molecule has 1 atom stereocenters. The van der Waals surface area contributed by atoms with Crippen LogP contribution in [-0.2, 0) is 22.3 Å². The average molecular weight is 406 g/mol. The number of halogens is 3. The topological polar surface area (TPSA) is 67.9 Å². The van der Waals surface area contributed by atoms with Gasteiger partial charge in [0.1, 0.15) is 0 Å². The lowest BCUT2D eigenvalue weighted by molar-refractivity contribution is -0.137. The van der Waals surface area contributed by atoms with Gasteiger partial charge in [0.25, 0.3) is 0 Å². The molecule has 2 aliphatic heterocycles. The van der Waals surface area contributed by atoms with Crippen molar-refractivity contribution in [3.8, 4) is 11.5 Å². The Hall–Kier alpha value is -3.23. The summed E-state index contributed by atoms with van der Waals surface area (Å²) in [6.07, 6.45) is -4.55. The number of anilines is 1. The van der Waals surface area contributed by atoms with Gasteiger partial charge in [0.15, 0.2) is 11.5 Å². The minimum atomic E-state index is -4.50. The fourth-order valence-corrected chi connectivity index (χ4v) is 3.37. The molecule has 0 aromatic heterocycles. The van der Waals surface area contributed by atoms with E-state index >= 15 is 0 Å². The number of amides is 2. The molecule has 1 fully saturated rings. The summed E-state index contributed by atoms with van der Waals surface area (Å²) >= 11 is 0. The van der Waals surface area contributed by atoms with Crippen molar-refractivity contribution in [1.29, 1.82) is 0 Å². The highest BCUT2D eigenvalue weighted by Gasteiger charge is 2.36. The van der Waals surface area contributed by atoms with Gasteiger partial charge in [-0.15, -0.1) is 0 Å². The molecule has 6 nitrogen and oxygen atoms in total. The minimum Gasteiger partial charge on any atom is -0.454 e. The molecule has 29 heavy (non-hydrogen) atoms. The number of ether oxygens (including phenoxy) is 2. The van der Waals surface area contributed by atoms with E-state index in [-0.39, 0.29) is 43.8 Å². The smallest absolute Gasteiger partial charge is 0.416 e. The number of nitrogens with zero attached hydrogens (tertiary/aromatic N) is 1. The zero-order valence-electron chi connectivity index (χ0n) is 15.2. The second-order valence-electron chi connectivity index (χ2n) is 6.86. The summed E-state index contributed by atoms with van der Waals surface area (Å²) in [5.74, 6) is -0.106. The largest absolute Gasteiger partial charge is 0.454 e. The molecule has 0 radical (unpaired) electrons. The summed E-state index contributed by atoms with van der Waals surface area (Å²) in [4.78, 5) is 26.0. The van der Waals surface area contributed by atoms with Crippen molar-refractivity contribution in [3.63, 3.8) is 0 Å². The highest BCUT2D eigenvalue weighted by Crippen LogP contribution is 2.34. The summed E-state index contributed by atoms with van der Waals surface area (Å²) in [6, 6.07) is 9.85. The molecule has 1 N–H and O–H groups in total. The van der Waals surface area contributed by atoms with Gasteiger partial charge in [-0.05, 0) is 35.9 Å².